The first-order chi connectivity index (χ1) is 20.6. The van der Waals surface area contributed by atoms with Gasteiger partial charge in [-0.05, 0) is 30.2 Å². The number of nitrogens with one attached hydrogen (secondary N) is 1. The number of carbonyl (C=O) groups excluding carboxylic acids is 2. The van der Waals surface area contributed by atoms with Crippen LogP contribution in [0.2, 0.25) is 0 Å². The van der Waals surface area contributed by atoms with Gasteiger partial charge in [0.05, 0.1) is 43.2 Å². The zero-order valence-corrected chi connectivity index (χ0v) is 24.3. The number of nitrogens with zero attached hydrogens (tertiary/aromatic N) is 4. The van der Waals surface area contributed by atoms with Gasteiger partial charge in [-0.3, -0.25) is 19.3 Å². The molecule has 2 amide bonds. The van der Waals surface area contributed by atoms with Gasteiger partial charge in [-0.1, -0.05) is 6.07 Å². The third-order valence-corrected chi connectivity index (χ3v) is 7.43. The van der Waals surface area contributed by atoms with E-state index >= 15 is 4.39 Å². The first-order valence-corrected chi connectivity index (χ1v) is 15.2. The largest absolute Gasteiger partial charge is 0.573 e. The van der Waals surface area contributed by atoms with E-state index in [9.17, 15) is 35.6 Å². The van der Waals surface area contributed by atoms with Gasteiger partial charge in [-0.25, -0.2) is 17.2 Å². The molecule has 2 aromatic heterocycles. The van der Waals surface area contributed by atoms with Gasteiger partial charge >= 0.3 is 6.36 Å². The molecule has 238 valence electrons. The van der Waals surface area contributed by atoms with Crippen molar-refractivity contribution in [3.05, 3.63) is 59.8 Å². The van der Waals surface area contributed by atoms with Crippen LogP contribution in [0, 0.1) is 11.7 Å². The number of likely N-dealkylation sites (tertiary alicyclic amines) is 1. The fourth-order valence-electron chi connectivity index (χ4n) is 4.55. The summed E-state index contributed by atoms with van der Waals surface area (Å²) in [4.78, 5) is 30.8. The normalized spacial score (nSPS) is 17.3. The highest BCUT2D eigenvalue weighted by molar-refractivity contribution is 7.89. The van der Waals surface area contributed by atoms with E-state index in [1.807, 2.05) is 0 Å². The second-order valence-electron chi connectivity index (χ2n) is 10.2. The Morgan fingerprint density at radius 1 is 1.16 bits per heavy atom. The van der Waals surface area contributed by atoms with Gasteiger partial charge in [-0.15, -0.1) is 13.2 Å². The molecule has 3 aromatic rings. The lowest BCUT2D eigenvalue weighted by Gasteiger charge is -2.34. The lowest BCUT2D eigenvalue weighted by molar-refractivity contribution is -0.275. The van der Waals surface area contributed by atoms with Gasteiger partial charge in [0.2, 0.25) is 5.91 Å². The van der Waals surface area contributed by atoms with Crippen LogP contribution in [0.3, 0.4) is 0 Å². The van der Waals surface area contributed by atoms with Crippen molar-refractivity contribution in [1.29, 1.82) is 0 Å². The molecule has 4 rings (SSSR count). The molecule has 0 saturated carbocycles. The molecule has 17 heteroatoms. The summed E-state index contributed by atoms with van der Waals surface area (Å²) in [7, 11) is -1.92. The molecule has 3 heterocycles. The molecule has 2 atom stereocenters. The second-order valence-corrected chi connectivity index (χ2v) is 12.3. The highest BCUT2D eigenvalue weighted by Gasteiger charge is 2.34. The monoisotopic (exact) mass is 645 g/mol. The summed E-state index contributed by atoms with van der Waals surface area (Å²) >= 11 is 0. The molecule has 1 aliphatic heterocycles. The summed E-state index contributed by atoms with van der Waals surface area (Å²) in [6, 6.07) is 4.10. The van der Waals surface area contributed by atoms with Crippen LogP contribution in [0.5, 0.6) is 11.5 Å². The minimum atomic E-state index is -5.07. The van der Waals surface area contributed by atoms with E-state index in [2.05, 4.69) is 20.1 Å². The first kappa shape index (κ1) is 32.6. The average molecular weight is 646 g/mol. The summed E-state index contributed by atoms with van der Waals surface area (Å²) in [6.45, 7) is -0.254. The molecule has 11 nitrogen and oxygen atoms in total. The van der Waals surface area contributed by atoms with Gasteiger partial charge in [0.15, 0.2) is 21.4 Å². The van der Waals surface area contributed by atoms with Crippen molar-refractivity contribution in [2.75, 3.05) is 33.0 Å². The third-order valence-electron chi connectivity index (χ3n) is 6.69. The Hall–Kier alpha value is -4.28. The van der Waals surface area contributed by atoms with E-state index in [1.165, 1.54) is 41.3 Å². The van der Waals surface area contributed by atoms with Crippen molar-refractivity contribution in [2.45, 2.75) is 31.3 Å². The number of rotatable bonds is 10. The first-order valence-electron chi connectivity index (χ1n) is 13.1. The topological polar surface area (TPSA) is 133 Å². The zero-order chi connectivity index (χ0) is 32.2. The van der Waals surface area contributed by atoms with Crippen molar-refractivity contribution < 1.29 is 49.4 Å². The number of hydrogen-bond donors (Lipinski definition) is 1. The Morgan fingerprint density at radius 2 is 1.91 bits per heavy atom. The van der Waals surface area contributed by atoms with Gasteiger partial charge < -0.3 is 19.7 Å². The molecule has 0 aliphatic carbocycles. The summed E-state index contributed by atoms with van der Waals surface area (Å²) < 4.78 is 99.8. The van der Waals surface area contributed by atoms with Crippen molar-refractivity contribution in [3.63, 3.8) is 0 Å². The van der Waals surface area contributed by atoms with Gasteiger partial charge in [0, 0.05) is 37.5 Å². The number of piperidine rings is 1. The number of halogens is 5. The van der Waals surface area contributed by atoms with E-state index in [-0.39, 0.29) is 55.3 Å². The lowest BCUT2D eigenvalue weighted by atomic mass is 9.95. The number of aromatic nitrogens is 3. The van der Waals surface area contributed by atoms with Gasteiger partial charge in [-0.2, -0.15) is 5.10 Å². The van der Waals surface area contributed by atoms with Crippen LogP contribution < -0.4 is 14.8 Å². The van der Waals surface area contributed by atoms with Gasteiger partial charge in [0.25, 0.3) is 5.91 Å². The minimum Gasteiger partial charge on any atom is -0.491 e. The summed E-state index contributed by atoms with van der Waals surface area (Å²) in [5, 5.41) is 6.49. The maximum Gasteiger partial charge on any atom is 0.573 e. The molecule has 1 fully saturated rings. The van der Waals surface area contributed by atoms with Crippen molar-refractivity contribution in [1.82, 2.24) is 25.0 Å². The predicted octanol–water partition coefficient (Wildman–Crippen LogP) is 3.15. The summed E-state index contributed by atoms with van der Waals surface area (Å²) in [6.07, 6.45) is -1.48. The second kappa shape index (κ2) is 13.2. The highest BCUT2D eigenvalue weighted by Crippen LogP contribution is 2.29. The van der Waals surface area contributed by atoms with Crippen LogP contribution in [0.4, 0.5) is 22.0 Å². The Kier molecular flexibility index (Phi) is 9.75. The molecule has 0 bridgehead atoms. The molecule has 1 saturated heterocycles. The Labute approximate surface area is 248 Å². The number of hydrogen-bond acceptors (Lipinski definition) is 8. The zero-order valence-electron chi connectivity index (χ0n) is 23.5. The van der Waals surface area contributed by atoms with E-state index in [1.54, 1.807) is 0 Å². The number of alkyl halides is 4. The van der Waals surface area contributed by atoms with Crippen molar-refractivity contribution >= 4 is 21.7 Å². The van der Waals surface area contributed by atoms with Crippen LogP contribution in [0.1, 0.15) is 22.3 Å². The number of sulfone groups is 1. The van der Waals surface area contributed by atoms with Crippen LogP contribution >= 0.6 is 0 Å². The lowest BCUT2D eigenvalue weighted by Crippen LogP contribution is -2.47. The fraction of sp³-hybridized carbons (Fsp3) is 0.407. The Bertz CT molecular complexity index is 1630. The predicted molar refractivity (Wildman–Crippen MR) is 146 cm³/mol. The highest BCUT2D eigenvalue weighted by atomic mass is 32.2. The molecule has 1 N–H and O–H groups in total. The number of pyridine rings is 1. The van der Waals surface area contributed by atoms with Crippen molar-refractivity contribution in [2.24, 2.45) is 5.92 Å². The van der Waals surface area contributed by atoms with Crippen LogP contribution in [-0.2, 0) is 26.9 Å². The van der Waals surface area contributed by atoms with E-state index in [0.717, 1.165) is 24.5 Å². The maximum atomic E-state index is 15.1. The standard InChI is InChI=1S/C27H28F5N5O6S/c1-33-26(39)19-9-22(18-10-35-37(12-18)15-44(2,40)41)34-11-24(19)42-14-17-5-6-36(13-21(17)29)25(38)8-16-3-4-23(20(28)7-16)43-27(30,31)32/h3-4,7,9-12,17,21H,5-6,8,13-15H2,1-2H3,(H,33,39)/t17-,21?/m0/s1. The van der Waals surface area contributed by atoms with E-state index in [0.29, 0.717) is 11.3 Å². The molecular formula is C27H28F5N5O6S. The Morgan fingerprint density at radius 3 is 2.55 bits per heavy atom. The SMILES string of the molecule is CNC(=O)c1cc(-c2cnn(CS(C)(=O)=O)c2)ncc1OC[C@@H]1CCN(C(=O)Cc2ccc(OC(F)(F)F)c(F)c2)CC1F. The summed E-state index contributed by atoms with van der Waals surface area (Å²) in [5.41, 5.74) is 0.992. The average Bonchev–Trinajstić information content (AvgIpc) is 3.39. The molecule has 1 aliphatic rings. The molecule has 0 radical (unpaired) electrons. The smallest absolute Gasteiger partial charge is 0.491 e. The third kappa shape index (κ3) is 8.64. The number of amides is 2. The fourth-order valence-corrected chi connectivity index (χ4v) is 5.17. The molecule has 0 spiro atoms. The summed E-state index contributed by atoms with van der Waals surface area (Å²) in [5.74, 6) is -4.23. The van der Waals surface area contributed by atoms with Crippen molar-refractivity contribution in [3.8, 4) is 22.8 Å². The molecular weight excluding hydrogens is 617 g/mol. The Balaban J connectivity index is 1.36. The molecule has 44 heavy (non-hydrogen) atoms. The quantitative estimate of drug-likeness (QED) is 0.333. The van der Waals surface area contributed by atoms with Gasteiger partial charge in [0.1, 0.15) is 17.8 Å². The maximum absolute atomic E-state index is 15.1. The molecule has 1 unspecified atom stereocenters. The van der Waals surface area contributed by atoms with Crippen LogP contribution in [-0.4, -0.2) is 85.4 Å². The minimum absolute atomic E-state index is 0.0855. The van der Waals surface area contributed by atoms with Crippen LogP contribution in [0.15, 0.2) is 42.9 Å². The number of carbonyl (C=O) groups is 2. The van der Waals surface area contributed by atoms with E-state index < -0.39 is 51.7 Å². The molecule has 1 aromatic carbocycles. The van der Waals surface area contributed by atoms with Crippen LogP contribution in [0.25, 0.3) is 11.3 Å². The number of ether oxygens (including phenoxy) is 2. The van der Waals surface area contributed by atoms with E-state index in [4.69, 9.17) is 4.74 Å². The number of benzene rings is 1.